The number of rotatable bonds is 3. The molecule has 106 valence electrons. The Morgan fingerprint density at radius 2 is 1.65 bits per heavy atom. The van der Waals surface area contributed by atoms with Gasteiger partial charge in [-0.25, -0.2) is 0 Å². The number of nitrogens with one attached hydrogen (secondary N) is 3. The second-order valence-corrected chi connectivity index (χ2v) is 4.32. The molecule has 0 aliphatic rings. The average Bonchev–Trinajstić information content (AvgIpc) is 2.42. The number of benzene rings is 1. The lowest BCUT2D eigenvalue weighted by atomic mass is 10.2. The van der Waals surface area contributed by atoms with Crippen molar-refractivity contribution in [2.24, 2.45) is 0 Å². The fourth-order valence-corrected chi connectivity index (χ4v) is 1.28. The molecule has 3 N–H and O–H groups in total. The zero-order valence-corrected chi connectivity index (χ0v) is 11.3. The lowest BCUT2D eigenvalue weighted by molar-refractivity contribution is -0.140. The Bertz CT molecular complexity index is 510. The van der Waals surface area contributed by atoms with Crippen molar-refractivity contribution < 1.29 is 14.4 Å². The topological polar surface area (TPSA) is 87.3 Å². The van der Waals surface area contributed by atoms with Gasteiger partial charge in [-0.15, -0.1) is 0 Å². The Morgan fingerprint density at radius 3 is 2.25 bits per heavy atom. The monoisotopic (exact) mass is 275 g/mol. The highest BCUT2D eigenvalue weighted by Gasteiger charge is 2.14. The van der Waals surface area contributed by atoms with Gasteiger partial charge < -0.3 is 5.32 Å². The normalized spacial score (nSPS) is 10.3. The summed E-state index contributed by atoms with van der Waals surface area (Å²) in [6.07, 6.45) is 2.85. The van der Waals surface area contributed by atoms with Crippen molar-refractivity contribution in [1.82, 2.24) is 16.2 Å². The number of hydrogen-bond donors (Lipinski definition) is 3. The molecule has 0 aromatic heterocycles. The fraction of sp³-hybridized carbons (Fsp3) is 0.214. The van der Waals surface area contributed by atoms with Crippen molar-refractivity contribution in [2.45, 2.75) is 19.9 Å². The zero-order valence-electron chi connectivity index (χ0n) is 11.3. The summed E-state index contributed by atoms with van der Waals surface area (Å²) in [6, 6.07) is 9.06. The summed E-state index contributed by atoms with van der Waals surface area (Å²) >= 11 is 0. The van der Waals surface area contributed by atoms with E-state index in [0.717, 1.165) is 5.56 Å². The van der Waals surface area contributed by atoms with E-state index in [0.29, 0.717) is 0 Å². The minimum Gasteiger partial charge on any atom is -0.346 e. The predicted octanol–water partition coefficient (Wildman–Crippen LogP) is 0.372. The summed E-state index contributed by atoms with van der Waals surface area (Å²) < 4.78 is 0. The van der Waals surface area contributed by atoms with Crippen molar-refractivity contribution in [3.63, 3.8) is 0 Å². The fourth-order valence-electron chi connectivity index (χ4n) is 1.28. The first kappa shape index (κ1) is 15.4. The van der Waals surface area contributed by atoms with Crippen molar-refractivity contribution in [2.75, 3.05) is 0 Å². The third-order valence-electron chi connectivity index (χ3n) is 2.15. The maximum Gasteiger partial charge on any atom is 0.327 e. The van der Waals surface area contributed by atoms with Gasteiger partial charge in [0.05, 0.1) is 0 Å². The lowest BCUT2D eigenvalue weighted by Gasteiger charge is -2.08. The molecule has 6 heteroatoms. The summed E-state index contributed by atoms with van der Waals surface area (Å²) in [5, 5.41) is 2.40. The average molecular weight is 275 g/mol. The number of hydrazine groups is 1. The van der Waals surface area contributed by atoms with Crippen LogP contribution in [0.5, 0.6) is 0 Å². The molecule has 20 heavy (non-hydrogen) atoms. The molecule has 0 unspecified atom stereocenters. The molecule has 0 atom stereocenters. The summed E-state index contributed by atoms with van der Waals surface area (Å²) in [4.78, 5) is 34.0. The first-order valence-corrected chi connectivity index (χ1v) is 6.13. The summed E-state index contributed by atoms with van der Waals surface area (Å²) in [5.74, 6) is -2.24. The molecule has 0 aliphatic carbocycles. The lowest BCUT2D eigenvalue weighted by Crippen LogP contribution is -2.49. The highest BCUT2D eigenvalue weighted by Crippen LogP contribution is 2.00. The number of carbonyl (C=O) groups is 3. The molecular formula is C14H17N3O3. The van der Waals surface area contributed by atoms with E-state index in [1.54, 1.807) is 19.9 Å². The molecule has 1 rings (SSSR count). The summed E-state index contributed by atoms with van der Waals surface area (Å²) in [6.45, 7) is 3.46. The van der Waals surface area contributed by atoms with Gasteiger partial charge >= 0.3 is 11.8 Å². The van der Waals surface area contributed by atoms with Crippen molar-refractivity contribution in [3.8, 4) is 0 Å². The smallest absolute Gasteiger partial charge is 0.327 e. The van der Waals surface area contributed by atoms with Crippen molar-refractivity contribution >= 4 is 23.8 Å². The van der Waals surface area contributed by atoms with Gasteiger partial charge in [-0.3, -0.25) is 25.2 Å². The maximum atomic E-state index is 11.4. The second kappa shape index (κ2) is 7.73. The summed E-state index contributed by atoms with van der Waals surface area (Å²) in [5.41, 5.74) is 5.00. The molecule has 0 bridgehead atoms. The highest BCUT2D eigenvalue weighted by atomic mass is 16.2. The predicted molar refractivity (Wildman–Crippen MR) is 75.0 cm³/mol. The standard InChI is InChI=1S/C14H17N3O3/c1-10(2)15-13(19)14(20)17-16-12(18)9-8-11-6-4-3-5-7-11/h3-10H,1-2H3,(H,15,19)(H,16,18)(H,17,20)/b9-8-. The maximum absolute atomic E-state index is 11.4. The highest BCUT2D eigenvalue weighted by molar-refractivity contribution is 6.35. The molecular weight excluding hydrogens is 258 g/mol. The van der Waals surface area contributed by atoms with Crippen LogP contribution in [0, 0.1) is 0 Å². The van der Waals surface area contributed by atoms with Gasteiger partial charge in [0.1, 0.15) is 0 Å². The summed E-state index contributed by atoms with van der Waals surface area (Å²) in [7, 11) is 0. The Hall–Kier alpha value is -2.63. The van der Waals surface area contributed by atoms with E-state index < -0.39 is 17.7 Å². The van der Waals surface area contributed by atoms with E-state index in [-0.39, 0.29) is 6.04 Å². The van der Waals surface area contributed by atoms with Crippen LogP contribution in [0.1, 0.15) is 19.4 Å². The van der Waals surface area contributed by atoms with E-state index in [2.05, 4.69) is 10.7 Å². The first-order valence-electron chi connectivity index (χ1n) is 6.13. The molecule has 3 amide bonds. The second-order valence-electron chi connectivity index (χ2n) is 4.32. The SMILES string of the molecule is CC(C)NC(=O)C(=O)NNC(=O)/C=C\c1ccccc1. The number of amides is 3. The van der Waals surface area contributed by atoms with Crippen LogP contribution in [0.3, 0.4) is 0 Å². The Morgan fingerprint density at radius 1 is 1.00 bits per heavy atom. The van der Waals surface area contributed by atoms with E-state index in [1.807, 2.05) is 35.8 Å². The molecule has 0 spiro atoms. The van der Waals surface area contributed by atoms with Gasteiger partial charge in [0, 0.05) is 12.1 Å². The third-order valence-corrected chi connectivity index (χ3v) is 2.15. The largest absolute Gasteiger partial charge is 0.346 e. The molecule has 0 fully saturated rings. The van der Waals surface area contributed by atoms with E-state index in [4.69, 9.17) is 0 Å². The molecule has 0 aliphatic heterocycles. The first-order chi connectivity index (χ1) is 9.49. The van der Waals surface area contributed by atoms with Crippen LogP contribution in [0.25, 0.3) is 6.08 Å². The van der Waals surface area contributed by atoms with Gasteiger partial charge in [-0.05, 0) is 25.5 Å². The molecule has 0 radical (unpaired) electrons. The van der Waals surface area contributed by atoms with Crippen LogP contribution in [0.15, 0.2) is 36.4 Å². The van der Waals surface area contributed by atoms with Crippen molar-refractivity contribution in [1.29, 1.82) is 0 Å². The minimum absolute atomic E-state index is 0.151. The quantitative estimate of drug-likeness (QED) is 0.423. The van der Waals surface area contributed by atoms with E-state index in [9.17, 15) is 14.4 Å². The zero-order chi connectivity index (χ0) is 15.0. The number of carbonyl (C=O) groups excluding carboxylic acids is 3. The Labute approximate surface area is 117 Å². The van der Waals surface area contributed by atoms with Crippen molar-refractivity contribution in [3.05, 3.63) is 42.0 Å². The molecule has 0 heterocycles. The van der Waals surface area contributed by atoms with Gasteiger partial charge in [-0.2, -0.15) is 0 Å². The Kier molecular flexibility index (Phi) is 5.96. The van der Waals surface area contributed by atoms with Crippen LogP contribution in [-0.4, -0.2) is 23.8 Å². The van der Waals surface area contributed by atoms with Crippen LogP contribution >= 0.6 is 0 Å². The van der Waals surface area contributed by atoms with Crippen LogP contribution in [-0.2, 0) is 14.4 Å². The Balaban J connectivity index is 2.38. The molecule has 1 aromatic carbocycles. The van der Waals surface area contributed by atoms with Crippen LogP contribution < -0.4 is 16.2 Å². The molecule has 0 saturated carbocycles. The third kappa shape index (κ3) is 5.81. The van der Waals surface area contributed by atoms with Gasteiger partial charge in [-0.1, -0.05) is 30.3 Å². The molecule has 6 nitrogen and oxygen atoms in total. The molecule has 1 aromatic rings. The van der Waals surface area contributed by atoms with Crippen LogP contribution in [0.4, 0.5) is 0 Å². The minimum atomic E-state index is -0.917. The number of hydrogen-bond acceptors (Lipinski definition) is 3. The van der Waals surface area contributed by atoms with Gasteiger partial charge in [0.2, 0.25) is 0 Å². The molecule has 0 saturated heterocycles. The van der Waals surface area contributed by atoms with E-state index in [1.165, 1.54) is 6.08 Å². The van der Waals surface area contributed by atoms with Crippen LogP contribution in [0.2, 0.25) is 0 Å². The van der Waals surface area contributed by atoms with Gasteiger partial charge in [0.25, 0.3) is 5.91 Å². The van der Waals surface area contributed by atoms with Gasteiger partial charge in [0.15, 0.2) is 0 Å². The van der Waals surface area contributed by atoms with E-state index >= 15 is 0 Å².